The summed E-state index contributed by atoms with van der Waals surface area (Å²) in [4.78, 5) is 41.6. The van der Waals surface area contributed by atoms with Crippen molar-refractivity contribution in [2.75, 3.05) is 36.0 Å². The van der Waals surface area contributed by atoms with Gasteiger partial charge in [-0.15, -0.1) is 11.3 Å². The highest BCUT2D eigenvalue weighted by molar-refractivity contribution is 7.18. The number of β-amino-alcohol motifs (C(OH)–C–C–N with tert-alkyl or cyclic N) is 2. The van der Waals surface area contributed by atoms with E-state index in [2.05, 4.69) is 5.32 Å². The third-order valence-electron chi connectivity index (χ3n) is 5.68. The van der Waals surface area contributed by atoms with Crippen molar-refractivity contribution in [1.82, 2.24) is 10.2 Å². The Kier molecular flexibility index (Phi) is 7.83. The standard InChI is InChI=1S/C24H29ClN4O7S/c1-24(2,3)36-22(33)27-12-19(30)29(20(31)13-27)15-6-4-14(5-7-15)28-11-16(35-23(28)34)10-26-21(32)17-8-9-18(25)37-17/h4-9,16,19-20,30-31H,10-13H2,1-3H3,(H,26,32). The maximum Gasteiger partial charge on any atom is 0.414 e. The summed E-state index contributed by atoms with van der Waals surface area (Å²) in [5.74, 6) is -0.292. The van der Waals surface area contributed by atoms with Crippen LogP contribution in [0.5, 0.6) is 0 Å². The zero-order valence-electron chi connectivity index (χ0n) is 20.6. The molecule has 1 aromatic carbocycles. The zero-order valence-corrected chi connectivity index (χ0v) is 22.2. The van der Waals surface area contributed by atoms with Gasteiger partial charge in [0, 0.05) is 11.4 Å². The van der Waals surface area contributed by atoms with Gasteiger partial charge in [-0.2, -0.15) is 0 Å². The molecule has 1 aromatic heterocycles. The van der Waals surface area contributed by atoms with Gasteiger partial charge in [0.05, 0.1) is 35.4 Å². The molecule has 3 atom stereocenters. The second-order valence-electron chi connectivity index (χ2n) is 9.70. The van der Waals surface area contributed by atoms with E-state index >= 15 is 0 Å². The Morgan fingerprint density at radius 1 is 1.08 bits per heavy atom. The van der Waals surface area contributed by atoms with Crippen LogP contribution in [0.25, 0.3) is 0 Å². The molecule has 11 nitrogen and oxygen atoms in total. The number of hydrogen-bond donors (Lipinski definition) is 3. The van der Waals surface area contributed by atoms with Crippen molar-refractivity contribution in [2.45, 2.75) is 44.9 Å². The molecule has 2 aliphatic rings. The van der Waals surface area contributed by atoms with E-state index < -0.39 is 36.3 Å². The van der Waals surface area contributed by atoms with Crippen LogP contribution >= 0.6 is 22.9 Å². The van der Waals surface area contributed by atoms with Gasteiger partial charge in [-0.3, -0.25) is 14.6 Å². The molecular formula is C24H29ClN4O7S. The number of anilines is 2. The predicted octanol–water partition coefficient (Wildman–Crippen LogP) is 2.85. The number of thiophene rings is 1. The number of aliphatic hydroxyl groups is 2. The molecule has 4 rings (SSSR count). The van der Waals surface area contributed by atoms with Crippen LogP contribution < -0.4 is 15.1 Å². The number of ether oxygens (including phenoxy) is 2. The molecule has 2 fully saturated rings. The monoisotopic (exact) mass is 552 g/mol. The van der Waals surface area contributed by atoms with Gasteiger partial charge in [-0.25, -0.2) is 9.59 Å². The first kappa shape index (κ1) is 27.0. The molecular weight excluding hydrogens is 524 g/mol. The Balaban J connectivity index is 1.34. The summed E-state index contributed by atoms with van der Waals surface area (Å²) in [6, 6.07) is 9.93. The van der Waals surface area contributed by atoms with Crippen LogP contribution in [-0.2, 0) is 9.47 Å². The van der Waals surface area contributed by atoms with Gasteiger partial charge in [-0.1, -0.05) is 11.6 Å². The summed E-state index contributed by atoms with van der Waals surface area (Å²) in [7, 11) is 0. The maximum atomic E-state index is 12.4. The highest BCUT2D eigenvalue weighted by Crippen LogP contribution is 2.29. The molecule has 0 aliphatic carbocycles. The average molecular weight is 553 g/mol. The van der Waals surface area contributed by atoms with Crippen molar-refractivity contribution in [3.8, 4) is 0 Å². The minimum atomic E-state index is -1.16. The number of rotatable bonds is 5. The van der Waals surface area contributed by atoms with Crippen LogP contribution in [0.1, 0.15) is 30.4 Å². The number of carbonyl (C=O) groups excluding carboxylic acids is 3. The van der Waals surface area contributed by atoms with Crippen molar-refractivity contribution in [2.24, 2.45) is 0 Å². The quantitative estimate of drug-likeness (QED) is 0.516. The van der Waals surface area contributed by atoms with Crippen molar-refractivity contribution in [3.63, 3.8) is 0 Å². The molecule has 3 heterocycles. The Hall–Kier alpha value is -3.06. The van der Waals surface area contributed by atoms with Gasteiger partial charge < -0.3 is 29.9 Å². The summed E-state index contributed by atoms with van der Waals surface area (Å²) in [6.45, 7) is 5.52. The molecule has 3 unspecified atom stereocenters. The number of amides is 3. The highest BCUT2D eigenvalue weighted by atomic mass is 35.5. The van der Waals surface area contributed by atoms with Gasteiger partial charge in [0.2, 0.25) is 0 Å². The SMILES string of the molecule is CC(C)(C)OC(=O)N1CC(O)N(c2ccc(N3CC(CNC(=O)c4ccc(Cl)s4)OC3=O)cc2)C(O)C1. The summed E-state index contributed by atoms with van der Waals surface area (Å²) < 4.78 is 11.2. The van der Waals surface area contributed by atoms with Crippen LogP contribution in [0.4, 0.5) is 21.0 Å². The molecule has 2 aliphatic heterocycles. The van der Waals surface area contributed by atoms with E-state index in [1.165, 1.54) is 14.7 Å². The number of nitrogens with zero attached hydrogens (tertiary/aromatic N) is 3. The van der Waals surface area contributed by atoms with Gasteiger partial charge in [0.25, 0.3) is 5.91 Å². The minimum Gasteiger partial charge on any atom is -0.444 e. The summed E-state index contributed by atoms with van der Waals surface area (Å²) in [6.07, 6.45) is -4.01. The molecule has 13 heteroatoms. The fraction of sp³-hybridized carbons (Fsp3) is 0.458. The number of hydrogen-bond acceptors (Lipinski definition) is 9. The van der Waals surface area contributed by atoms with E-state index in [0.717, 1.165) is 11.3 Å². The second-order valence-corrected chi connectivity index (χ2v) is 11.4. The summed E-state index contributed by atoms with van der Waals surface area (Å²) in [5.41, 5.74) is 0.377. The van der Waals surface area contributed by atoms with Crippen molar-refractivity contribution in [1.29, 1.82) is 0 Å². The number of nitrogens with one attached hydrogen (secondary N) is 1. The van der Waals surface area contributed by atoms with Crippen LogP contribution in [0.3, 0.4) is 0 Å². The average Bonchev–Trinajstić information content (AvgIpc) is 3.41. The molecule has 2 aromatic rings. The molecule has 0 bridgehead atoms. The highest BCUT2D eigenvalue weighted by Gasteiger charge is 2.37. The topological polar surface area (TPSA) is 132 Å². The summed E-state index contributed by atoms with van der Waals surface area (Å²) >= 11 is 7.03. The lowest BCUT2D eigenvalue weighted by Gasteiger charge is -2.43. The molecule has 3 N–H and O–H groups in total. The van der Waals surface area contributed by atoms with Crippen LogP contribution in [0.2, 0.25) is 4.34 Å². The van der Waals surface area contributed by atoms with E-state index in [0.29, 0.717) is 20.6 Å². The third-order valence-corrected chi connectivity index (χ3v) is 6.91. The maximum absolute atomic E-state index is 12.4. The van der Waals surface area contributed by atoms with Gasteiger partial charge in [0.1, 0.15) is 24.2 Å². The molecule has 0 saturated carbocycles. The predicted molar refractivity (Wildman–Crippen MR) is 138 cm³/mol. The lowest BCUT2D eigenvalue weighted by molar-refractivity contribution is -0.0274. The lowest BCUT2D eigenvalue weighted by Crippen LogP contribution is -2.60. The second kappa shape index (κ2) is 10.7. The molecule has 3 amide bonds. The summed E-state index contributed by atoms with van der Waals surface area (Å²) in [5, 5.41) is 24.0. The van der Waals surface area contributed by atoms with Crippen molar-refractivity contribution >= 4 is 52.4 Å². The number of piperazine rings is 1. The molecule has 0 radical (unpaired) electrons. The van der Waals surface area contributed by atoms with Gasteiger partial charge >= 0.3 is 12.2 Å². The number of aliphatic hydroxyl groups excluding tert-OH is 2. The van der Waals surface area contributed by atoms with Crippen LogP contribution in [-0.4, -0.2) is 83.5 Å². The van der Waals surface area contributed by atoms with E-state index in [4.69, 9.17) is 21.1 Å². The Morgan fingerprint density at radius 2 is 1.70 bits per heavy atom. The number of benzene rings is 1. The van der Waals surface area contributed by atoms with E-state index in [-0.39, 0.29) is 32.1 Å². The van der Waals surface area contributed by atoms with Gasteiger partial charge in [-0.05, 0) is 57.2 Å². The smallest absolute Gasteiger partial charge is 0.414 e. The third kappa shape index (κ3) is 6.45. The lowest BCUT2D eigenvalue weighted by atomic mass is 10.2. The van der Waals surface area contributed by atoms with E-state index in [1.54, 1.807) is 57.2 Å². The number of cyclic esters (lactones) is 1. The first-order valence-corrected chi connectivity index (χ1v) is 12.8. The fourth-order valence-electron chi connectivity index (χ4n) is 4.04. The fourth-order valence-corrected chi connectivity index (χ4v) is 5.00. The van der Waals surface area contributed by atoms with Crippen molar-refractivity contribution < 1.29 is 34.1 Å². The van der Waals surface area contributed by atoms with Crippen LogP contribution in [0.15, 0.2) is 36.4 Å². The minimum absolute atomic E-state index is 0.0444. The largest absolute Gasteiger partial charge is 0.444 e. The van der Waals surface area contributed by atoms with Gasteiger partial charge in [0.15, 0.2) is 0 Å². The molecule has 37 heavy (non-hydrogen) atoms. The normalized spacial score (nSPS) is 22.2. The van der Waals surface area contributed by atoms with Crippen LogP contribution in [0, 0.1) is 0 Å². The Morgan fingerprint density at radius 3 is 2.27 bits per heavy atom. The first-order chi connectivity index (χ1) is 17.4. The molecule has 0 spiro atoms. The van der Waals surface area contributed by atoms with Crippen molar-refractivity contribution in [3.05, 3.63) is 45.6 Å². The molecule has 2 saturated heterocycles. The number of halogens is 1. The first-order valence-electron chi connectivity index (χ1n) is 11.7. The molecule has 200 valence electrons. The Labute approximate surface area is 223 Å². The van der Waals surface area contributed by atoms with E-state index in [9.17, 15) is 24.6 Å². The Bertz CT molecular complexity index is 1140. The zero-order chi connectivity index (χ0) is 26.9. The number of carbonyl (C=O) groups is 3. The van der Waals surface area contributed by atoms with E-state index in [1.807, 2.05) is 0 Å².